The van der Waals surface area contributed by atoms with Gasteiger partial charge in [0, 0.05) is 23.9 Å². The molecule has 0 radical (unpaired) electrons. The van der Waals surface area contributed by atoms with Crippen LogP contribution in [-0.4, -0.2) is 76.7 Å². The van der Waals surface area contributed by atoms with Gasteiger partial charge in [0.05, 0.1) is 17.4 Å². The summed E-state index contributed by atoms with van der Waals surface area (Å²) in [6.07, 6.45) is -1.44. The fourth-order valence-corrected chi connectivity index (χ4v) is 7.81. The van der Waals surface area contributed by atoms with E-state index >= 15 is 4.39 Å². The van der Waals surface area contributed by atoms with E-state index in [9.17, 15) is 22.8 Å². The summed E-state index contributed by atoms with van der Waals surface area (Å²) in [4.78, 5) is 49.7. The number of carbonyl (C=O) groups excluding carboxylic acids is 3. The molecule has 15 heteroatoms. The lowest BCUT2D eigenvalue weighted by molar-refractivity contribution is 0.0137. The smallest absolute Gasteiger partial charge is 0.425 e. The van der Waals surface area contributed by atoms with Crippen molar-refractivity contribution in [3.05, 3.63) is 52.8 Å². The zero-order valence-electron chi connectivity index (χ0n) is 28.4. The summed E-state index contributed by atoms with van der Waals surface area (Å²) in [5, 5.41) is 10.3. The number of hydrogen-bond acceptors (Lipinski definition) is 11. The number of aryl methyl sites for hydroxylation is 1. The van der Waals surface area contributed by atoms with Gasteiger partial charge in [-0.05, 0) is 92.1 Å². The number of pyridine rings is 1. The molecule has 0 aliphatic carbocycles. The number of alkyl halides is 1. The Labute approximate surface area is 279 Å². The van der Waals surface area contributed by atoms with Crippen molar-refractivity contribution < 1.29 is 41.4 Å². The van der Waals surface area contributed by atoms with Crippen molar-refractivity contribution >= 4 is 39.5 Å². The molecule has 1 aromatic heterocycles. The SMILES string of the molecule is Cc1cc(C#N)cnc1C(=O)Nc1ccc2c(c1)[C@@]1(CF)N=C(N(C(=O)OC(C)(C)C)C(=O)OC(C)(C)C)C(C)(C)S(=O)(=O)[C@H]1CCO2. The number of amidine groups is 1. The maximum Gasteiger partial charge on any atom is 0.425 e. The fourth-order valence-electron chi connectivity index (χ4n) is 5.54. The largest absolute Gasteiger partial charge is 0.493 e. The minimum atomic E-state index is -4.47. The summed E-state index contributed by atoms with van der Waals surface area (Å²) >= 11 is 0. The van der Waals surface area contributed by atoms with Crippen molar-refractivity contribution in [3.8, 4) is 11.8 Å². The van der Waals surface area contributed by atoms with E-state index in [0.717, 1.165) is 0 Å². The van der Waals surface area contributed by atoms with Gasteiger partial charge in [0.2, 0.25) is 0 Å². The van der Waals surface area contributed by atoms with Crippen molar-refractivity contribution in [1.29, 1.82) is 5.26 Å². The summed E-state index contributed by atoms with van der Waals surface area (Å²) < 4.78 is 59.7. The van der Waals surface area contributed by atoms with Crippen LogP contribution in [0.4, 0.5) is 19.7 Å². The zero-order valence-corrected chi connectivity index (χ0v) is 29.2. The average molecular weight is 686 g/mol. The van der Waals surface area contributed by atoms with Gasteiger partial charge in [0.1, 0.15) is 51.5 Å². The third kappa shape index (κ3) is 6.71. The van der Waals surface area contributed by atoms with E-state index in [2.05, 4.69) is 15.3 Å². The summed E-state index contributed by atoms with van der Waals surface area (Å²) in [7, 11) is -4.47. The van der Waals surface area contributed by atoms with Crippen LogP contribution in [0.5, 0.6) is 5.75 Å². The van der Waals surface area contributed by atoms with Gasteiger partial charge in [0.25, 0.3) is 5.91 Å². The standard InChI is InChI=1S/C33H40FN5O8S/c1-19-14-20(16-35)17-36-25(19)26(40)37-21-10-11-23-22(15-21)33(18-34)24(12-13-45-23)48(43,44)32(8,9)27(38-33)39(28(41)46-30(2,3)4)29(42)47-31(5,6)7/h10-11,14-15,17,24H,12-13,18H2,1-9H3,(H,37,40)/t24-,33+/m0/s1. The number of aromatic nitrogens is 1. The van der Waals surface area contributed by atoms with Gasteiger partial charge in [-0.3, -0.25) is 9.79 Å². The molecule has 48 heavy (non-hydrogen) atoms. The van der Waals surface area contributed by atoms with Crippen LogP contribution in [0.15, 0.2) is 35.5 Å². The first kappa shape index (κ1) is 36.3. The summed E-state index contributed by atoms with van der Waals surface area (Å²) in [5.74, 6) is -1.14. The molecule has 2 aliphatic rings. The molecule has 2 atom stereocenters. The van der Waals surface area contributed by atoms with Gasteiger partial charge < -0.3 is 19.5 Å². The van der Waals surface area contributed by atoms with Gasteiger partial charge in [-0.1, -0.05) is 0 Å². The molecule has 13 nitrogen and oxygen atoms in total. The lowest BCUT2D eigenvalue weighted by Gasteiger charge is -2.46. The molecule has 0 unspecified atom stereocenters. The van der Waals surface area contributed by atoms with Crippen LogP contribution in [0, 0.1) is 18.3 Å². The number of nitriles is 1. The van der Waals surface area contributed by atoms with Crippen LogP contribution >= 0.6 is 0 Å². The highest BCUT2D eigenvalue weighted by Gasteiger charge is 2.63. The molecule has 2 aromatic rings. The molecule has 0 saturated carbocycles. The Bertz CT molecular complexity index is 1810. The Balaban J connectivity index is 1.95. The number of aliphatic imine (C=N–C) groups is 1. The van der Waals surface area contributed by atoms with Gasteiger partial charge >= 0.3 is 12.2 Å². The maximum atomic E-state index is 15.8. The van der Waals surface area contributed by atoms with Gasteiger partial charge in [0.15, 0.2) is 9.84 Å². The molecule has 0 bridgehead atoms. The number of benzene rings is 1. The predicted molar refractivity (Wildman–Crippen MR) is 174 cm³/mol. The summed E-state index contributed by atoms with van der Waals surface area (Å²) in [6.45, 7) is 12.0. The van der Waals surface area contributed by atoms with Gasteiger partial charge in [-0.25, -0.2) is 27.4 Å². The zero-order chi connectivity index (χ0) is 36.0. The molecule has 2 aliphatic heterocycles. The van der Waals surface area contributed by atoms with Crippen molar-refractivity contribution in [1.82, 2.24) is 9.88 Å². The van der Waals surface area contributed by atoms with E-state index in [1.54, 1.807) is 48.5 Å². The quantitative estimate of drug-likeness (QED) is 0.427. The van der Waals surface area contributed by atoms with E-state index < -0.39 is 67.2 Å². The number of nitrogens with one attached hydrogen (secondary N) is 1. The van der Waals surface area contributed by atoms with E-state index in [4.69, 9.17) is 19.5 Å². The third-order valence-corrected chi connectivity index (χ3v) is 10.8. The maximum absolute atomic E-state index is 15.8. The number of fused-ring (bicyclic) bond motifs is 3. The number of halogens is 1. The van der Waals surface area contributed by atoms with Crippen LogP contribution < -0.4 is 10.1 Å². The Morgan fingerprint density at radius 2 is 1.71 bits per heavy atom. The van der Waals surface area contributed by atoms with Crippen LogP contribution in [0.2, 0.25) is 0 Å². The number of amides is 3. The first-order chi connectivity index (χ1) is 22.1. The molecule has 1 N–H and O–H groups in total. The Hall–Kier alpha value is -4.58. The van der Waals surface area contributed by atoms with Crippen LogP contribution in [-0.2, 0) is 24.8 Å². The number of hydrogen-bond donors (Lipinski definition) is 1. The molecule has 1 aromatic carbocycles. The molecule has 3 heterocycles. The number of ether oxygens (including phenoxy) is 3. The van der Waals surface area contributed by atoms with Gasteiger partial charge in [-0.2, -0.15) is 10.2 Å². The summed E-state index contributed by atoms with van der Waals surface area (Å²) in [6, 6.07) is 7.74. The highest BCUT2D eigenvalue weighted by Crippen LogP contribution is 2.50. The lowest BCUT2D eigenvalue weighted by Crippen LogP contribution is -2.65. The second-order valence-electron chi connectivity index (χ2n) is 14.1. The predicted octanol–water partition coefficient (Wildman–Crippen LogP) is 5.61. The Morgan fingerprint density at radius 3 is 2.23 bits per heavy atom. The summed E-state index contributed by atoms with van der Waals surface area (Å²) in [5.41, 5.74) is -3.61. The average Bonchev–Trinajstić information content (AvgIpc) is 3.11. The molecule has 0 saturated heterocycles. The number of nitrogens with zero attached hydrogens (tertiary/aromatic N) is 4. The van der Waals surface area contributed by atoms with Gasteiger partial charge in [-0.15, -0.1) is 0 Å². The number of carbonyl (C=O) groups is 3. The normalized spacial score (nSPS) is 21.1. The van der Waals surface area contributed by atoms with Crippen LogP contribution in [0.25, 0.3) is 0 Å². The molecule has 0 fully saturated rings. The van der Waals surface area contributed by atoms with E-state index in [0.29, 0.717) is 10.5 Å². The fraction of sp³-hybridized carbons (Fsp3) is 0.515. The number of sulfone groups is 1. The molecule has 4 rings (SSSR count). The van der Waals surface area contributed by atoms with Crippen molar-refractivity contribution in [2.45, 2.75) is 95.5 Å². The van der Waals surface area contributed by atoms with Crippen molar-refractivity contribution in [2.24, 2.45) is 4.99 Å². The lowest BCUT2D eigenvalue weighted by atomic mass is 9.85. The Kier molecular flexibility index (Phi) is 9.41. The number of rotatable bonds is 3. The van der Waals surface area contributed by atoms with E-state index in [-0.39, 0.29) is 41.3 Å². The second kappa shape index (κ2) is 12.5. The van der Waals surface area contributed by atoms with Crippen LogP contribution in [0.1, 0.15) is 89.0 Å². The van der Waals surface area contributed by atoms with Crippen molar-refractivity contribution in [2.75, 3.05) is 18.6 Å². The van der Waals surface area contributed by atoms with Crippen LogP contribution in [0.3, 0.4) is 0 Å². The monoisotopic (exact) mass is 685 g/mol. The molecule has 258 valence electrons. The first-order valence-electron chi connectivity index (χ1n) is 15.2. The molecule has 0 spiro atoms. The highest BCUT2D eigenvalue weighted by molar-refractivity contribution is 7.94. The topological polar surface area (TPSA) is 177 Å². The van der Waals surface area contributed by atoms with E-state index in [1.807, 2.05) is 6.07 Å². The second-order valence-corrected chi connectivity index (χ2v) is 16.8. The number of imide groups is 1. The highest BCUT2D eigenvalue weighted by atomic mass is 32.2. The van der Waals surface area contributed by atoms with Crippen molar-refractivity contribution in [3.63, 3.8) is 0 Å². The first-order valence-corrected chi connectivity index (χ1v) is 16.7. The molecular formula is C33H40FN5O8S. The molecule has 3 amide bonds. The van der Waals surface area contributed by atoms with E-state index in [1.165, 1.54) is 44.3 Å². The number of anilines is 1. The molecular weight excluding hydrogens is 645 g/mol. The minimum absolute atomic E-state index is 0.0280. The minimum Gasteiger partial charge on any atom is -0.493 e. The Morgan fingerprint density at radius 1 is 1.10 bits per heavy atom. The third-order valence-electron chi connectivity index (χ3n) is 7.79.